The van der Waals surface area contributed by atoms with Crippen LogP contribution in [0.3, 0.4) is 0 Å². The van der Waals surface area contributed by atoms with Gasteiger partial charge in [0.1, 0.15) is 17.8 Å². The van der Waals surface area contributed by atoms with Crippen molar-refractivity contribution in [3.63, 3.8) is 0 Å². The summed E-state index contributed by atoms with van der Waals surface area (Å²) >= 11 is 0. The number of rotatable bonds is 4. The Labute approximate surface area is 164 Å². The fourth-order valence-corrected chi connectivity index (χ4v) is 3.51. The lowest BCUT2D eigenvalue weighted by atomic mass is 9.87. The topological polar surface area (TPSA) is 118 Å². The van der Waals surface area contributed by atoms with Crippen molar-refractivity contribution in [2.45, 2.75) is 40.2 Å². The summed E-state index contributed by atoms with van der Waals surface area (Å²) in [7, 11) is 0. The first-order chi connectivity index (χ1) is 13.3. The van der Waals surface area contributed by atoms with Crippen LogP contribution in [0.2, 0.25) is 0 Å². The molecule has 0 saturated carbocycles. The van der Waals surface area contributed by atoms with Gasteiger partial charge < -0.3 is 21.3 Å². The molecule has 4 N–H and O–H groups in total. The van der Waals surface area contributed by atoms with Crippen LogP contribution in [0.1, 0.15) is 34.1 Å². The number of fused-ring (bicyclic) bond motifs is 1. The number of aliphatic imine (C=N–C) groups is 1. The molecular formula is C20H23N6O2. The number of hydrogen-bond donors (Lipinski definition) is 4. The molecule has 0 aromatic heterocycles. The van der Waals surface area contributed by atoms with E-state index in [1.807, 2.05) is 26.8 Å². The van der Waals surface area contributed by atoms with Crippen molar-refractivity contribution in [1.82, 2.24) is 21.3 Å². The number of carbonyl (C=O) groups excluding carboxylic acids is 2. The third kappa shape index (κ3) is 3.69. The van der Waals surface area contributed by atoms with Gasteiger partial charge in [0, 0.05) is 22.5 Å². The summed E-state index contributed by atoms with van der Waals surface area (Å²) < 4.78 is 0. The Morgan fingerprint density at radius 1 is 1.36 bits per heavy atom. The van der Waals surface area contributed by atoms with Crippen molar-refractivity contribution in [1.29, 1.82) is 5.26 Å². The van der Waals surface area contributed by atoms with Crippen molar-refractivity contribution < 1.29 is 9.59 Å². The van der Waals surface area contributed by atoms with Gasteiger partial charge in [-0.3, -0.25) is 9.59 Å². The van der Waals surface area contributed by atoms with Crippen molar-refractivity contribution in [3.05, 3.63) is 52.1 Å². The second-order valence-corrected chi connectivity index (χ2v) is 6.95. The summed E-state index contributed by atoms with van der Waals surface area (Å²) in [6.07, 6.45) is 3.54. The van der Waals surface area contributed by atoms with Crippen LogP contribution in [0, 0.1) is 17.4 Å². The van der Waals surface area contributed by atoms with E-state index in [1.165, 1.54) is 0 Å². The first kappa shape index (κ1) is 19.4. The van der Waals surface area contributed by atoms with Crippen molar-refractivity contribution in [3.8, 4) is 6.07 Å². The Morgan fingerprint density at radius 3 is 2.82 bits per heavy atom. The highest BCUT2D eigenvalue weighted by molar-refractivity contribution is 6.03. The highest BCUT2D eigenvalue weighted by Gasteiger charge is 2.32. The Kier molecular flexibility index (Phi) is 5.36. The molecule has 3 aliphatic rings. The van der Waals surface area contributed by atoms with E-state index in [0.717, 1.165) is 28.6 Å². The molecule has 0 saturated heterocycles. The Balaban J connectivity index is 1.76. The van der Waals surface area contributed by atoms with Gasteiger partial charge in [-0.1, -0.05) is 0 Å². The molecule has 8 heteroatoms. The fraction of sp³-hybridized carbons (Fsp3) is 0.350. The molecule has 3 heterocycles. The summed E-state index contributed by atoms with van der Waals surface area (Å²) in [6.45, 7) is 7.82. The van der Waals surface area contributed by atoms with E-state index in [0.29, 0.717) is 23.5 Å². The van der Waals surface area contributed by atoms with Crippen molar-refractivity contribution in [2.24, 2.45) is 4.99 Å². The van der Waals surface area contributed by atoms with Gasteiger partial charge in [0.2, 0.25) is 11.8 Å². The standard InChI is InChI=1S/C20H23N6O2/c1-10-15(20(28)26-16-5-6-22-11(2)18(10)16)7-17(27)24-13(4)19-12(3)23-9-14(8-21)25-19/h5-6,13,22-23H,7,9H2,1-4H3,(H,24,27)(H,26,28). The molecule has 28 heavy (non-hydrogen) atoms. The quantitative estimate of drug-likeness (QED) is 0.582. The highest BCUT2D eigenvalue weighted by atomic mass is 16.2. The largest absolute Gasteiger partial charge is 0.381 e. The van der Waals surface area contributed by atoms with E-state index in [4.69, 9.17) is 5.26 Å². The lowest BCUT2D eigenvalue weighted by Crippen LogP contribution is -2.41. The van der Waals surface area contributed by atoms with Crippen molar-refractivity contribution in [2.75, 3.05) is 6.54 Å². The van der Waals surface area contributed by atoms with E-state index < -0.39 is 6.04 Å². The van der Waals surface area contributed by atoms with Crippen molar-refractivity contribution >= 4 is 17.5 Å². The van der Waals surface area contributed by atoms with Gasteiger partial charge in [-0.15, -0.1) is 0 Å². The molecular weight excluding hydrogens is 356 g/mol. The van der Waals surface area contributed by atoms with Gasteiger partial charge >= 0.3 is 0 Å². The van der Waals surface area contributed by atoms with Crippen LogP contribution >= 0.6 is 0 Å². The monoisotopic (exact) mass is 379 g/mol. The highest BCUT2D eigenvalue weighted by Crippen LogP contribution is 2.33. The average Bonchev–Trinajstić information content (AvgIpc) is 2.65. The van der Waals surface area contributed by atoms with Crippen LogP contribution in [0.4, 0.5) is 0 Å². The Morgan fingerprint density at radius 2 is 2.11 bits per heavy atom. The van der Waals surface area contributed by atoms with Crippen LogP contribution in [0.5, 0.6) is 0 Å². The molecule has 1 radical (unpaired) electrons. The zero-order valence-corrected chi connectivity index (χ0v) is 16.4. The molecule has 0 fully saturated rings. The predicted octanol–water partition coefficient (Wildman–Crippen LogP) is 1.05. The molecule has 0 spiro atoms. The molecule has 0 bridgehead atoms. The normalized spacial score (nSPS) is 20.5. The van der Waals surface area contributed by atoms with Gasteiger partial charge in [0.25, 0.3) is 0 Å². The van der Waals surface area contributed by atoms with E-state index in [9.17, 15) is 9.59 Å². The van der Waals surface area contributed by atoms with E-state index in [1.54, 1.807) is 19.2 Å². The smallest absolute Gasteiger partial charge is 0.249 e. The van der Waals surface area contributed by atoms with Crippen LogP contribution < -0.4 is 21.3 Å². The molecule has 8 nitrogen and oxygen atoms in total. The maximum atomic E-state index is 12.6. The first-order valence-corrected chi connectivity index (χ1v) is 9.06. The Bertz CT molecular complexity index is 929. The Hall–Kier alpha value is -3.34. The number of allylic oxidation sites excluding steroid dienone is 2. The first-order valence-electron chi connectivity index (χ1n) is 9.06. The number of carbonyl (C=O) groups is 2. The molecule has 3 rings (SSSR count). The zero-order valence-electron chi connectivity index (χ0n) is 16.4. The minimum atomic E-state index is -0.390. The van der Waals surface area contributed by atoms with Gasteiger partial charge in [-0.2, -0.15) is 5.26 Å². The zero-order chi connectivity index (χ0) is 20.4. The molecule has 1 atom stereocenters. The van der Waals surface area contributed by atoms with E-state index in [-0.39, 0.29) is 18.2 Å². The second kappa shape index (κ2) is 7.72. The van der Waals surface area contributed by atoms with Crippen LogP contribution in [0.25, 0.3) is 0 Å². The third-order valence-electron chi connectivity index (χ3n) is 4.96. The number of amides is 2. The predicted molar refractivity (Wildman–Crippen MR) is 105 cm³/mol. The van der Waals surface area contributed by atoms with E-state index in [2.05, 4.69) is 26.3 Å². The molecule has 3 aliphatic heterocycles. The van der Waals surface area contributed by atoms with Crippen LogP contribution in [-0.4, -0.2) is 30.1 Å². The summed E-state index contributed by atoms with van der Waals surface area (Å²) in [5, 5.41) is 21.0. The van der Waals surface area contributed by atoms with Gasteiger partial charge in [0.05, 0.1) is 24.7 Å². The molecule has 145 valence electrons. The van der Waals surface area contributed by atoms with E-state index >= 15 is 0 Å². The van der Waals surface area contributed by atoms with Gasteiger partial charge in [0.15, 0.2) is 0 Å². The number of nitriles is 1. The number of dihydropyridines is 1. The lowest BCUT2D eigenvalue weighted by Gasteiger charge is -2.31. The lowest BCUT2D eigenvalue weighted by molar-refractivity contribution is -0.123. The maximum absolute atomic E-state index is 12.6. The molecule has 0 aromatic carbocycles. The number of nitrogens with one attached hydrogen (secondary N) is 4. The number of nitrogens with zero attached hydrogens (tertiary/aromatic N) is 2. The average molecular weight is 379 g/mol. The third-order valence-corrected chi connectivity index (χ3v) is 4.96. The second-order valence-electron chi connectivity index (χ2n) is 6.95. The summed E-state index contributed by atoms with van der Waals surface area (Å²) in [5.41, 5.74) is 4.87. The molecule has 0 aliphatic carbocycles. The van der Waals surface area contributed by atoms with Crippen LogP contribution in [0.15, 0.2) is 51.1 Å². The summed E-state index contributed by atoms with van der Waals surface area (Å²) in [4.78, 5) is 29.4. The fourth-order valence-electron chi connectivity index (χ4n) is 3.51. The van der Waals surface area contributed by atoms with Gasteiger partial charge in [-0.05, 0) is 45.5 Å². The summed E-state index contributed by atoms with van der Waals surface area (Å²) in [5.74, 6) is -0.546. The molecule has 2 amide bonds. The number of hydrogen-bond acceptors (Lipinski definition) is 6. The maximum Gasteiger partial charge on any atom is 0.249 e. The minimum Gasteiger partial charge on any atom is -0.381 e. The minimum absolute atomic E-state index is 0.0373. The molecule has 1 unspecified atom stereocenters. The van der Waals surface area contributed by atoms with Crippen LogP contribution in [-0.2, 0) is 9.59 Å². The van der Waals surface area contributed by atoms with Gasteiger partial charge in [-0.25, -0.2) is 4.99 Å². The summed E-state index contributed by atoms with van der Waals surface area (Å²) in [6, 6.07) is 2.38. The molecule has 0 aromatic rings. The SMILES string of the molecule is CC1=C2[C](C=CN1)NC(=O)C(CC(=O)NC(C)C1=C(C)NCC(C#N)=N1)=C2C.